The lowest BCUT2D eigenvalue weighted by Crippen LogP contribution is -2.47. The molecule has 0 aromatic heterocycles. The molecule has 2 aliphatic heterocycles. The van der Waals surface area contributed by atoms with E-state index < -0.39 is 0 Å². The summed E-state index contributed by atoms with van der Waals surface area (Å²) in [6, 6.07) is 0. The predicted octanol–water partition coefficient (Wildman–Crippen LogP) is 7.44. The zero-order valence-corrected chi connectivity index (χ0v) is 22.7. The van der Waals surface area contributed by atoms with Gasteiger partial charge in [-0.1, -0.05) is 68.2 Å². The van der Waals surface area contributed by atoms with Gasteiger partial charge in [0.1, 0.15) is 0 Å². The van der Waals surface area contributed by atoms with E-state index in [0.29, 0.717) is 0 Å². The molecule has 2 heteroatoms. The van der Waals surface area contributed by atoms with Crippen LogP contribution in [0.1, 0.15) is 100 Å². The Hall–Kier alpha value is -0.0800. The average molecular weight is 435 g/mol. The predicted molar refractivity (Wildman–Crippen MR) is 139 cm³/mol. The molecule has 2 fully saturated rings. The first-order chi connectivity index (χ1) is 14.7. The zero-order valence-electron chi connectivity index (χ0n) is 22.7. The highest BCUT2D eigenvalue weighted by atomic mass is 15.1. The molecule has 184 valence electrons. The molecule has 2 nitrogen and oxygen atoms in total. The molecule has 2 aliphatic rings. The van der Waals surface area contributed by atoms with Crippen molar-refractivity contribution in [1.29, 1.82) is 0 Å². The normalized spacial score (nSPS) is 29.0. The molecule has 2 saturated heterocycles. The molecule has 0 bridgehead atoms. The molecule has 0 aromatic rings. The highest BCUT2D eigenvalue weighted by Crippen LogP contribution is 2.37. The lowest BCUT2D eigenvalue weighted by Gasteiger charge is -2.44. The number of nitrogens with zero attached hydrogens (tertiary/aromatic N) is 2. The van der Waals surface area contributed by atoms with Gasteiger partial charge in [0.05, 0.1) is 0 Å². The minimum absolute atomic E-state index is 0.829. The maximum absolute atomic E-state index is 2.76. The van der Waals surface area contributed by atoms with Gasteiger partial charge in [0.25, 0.3) is 0 Å². The SMILES string of the molecule is CC(C)CCN1CC(C)C(C(C)CCC(C)CCCN2CCC(C(C)C)CC2)C(C)C1. The van der Waals surface area contributed by atoms with Crippen LogP contribution in [0.4, 0.5) is 0 Å². The van der Waals surface area contributed by atoms with Crippen molar-refractivity contribution in [2.24, 2.45) is 47.3 Å². The summed E-state index contributed by atoms with van der Waals surface area (Å²) < 4.78 is 0. The van der Waals surface area contributed by atoms with Crippen LogP contribution in [-0.4, -0.2) is 49.1 Å². The smallest absolute Gasteiger partial charge is 0.000999 e. The fourth-order valence-electron chi connectivity index (χ4n) is 6.83. The highest BCUT2D eigenvalue weighted by Gasteiger charge is 2.35. The lowest BCUT2D eigenvalue weighted by atomic mass is 9.70. The maximum atomic E-state index is 2.76. The Labute approximate surface area is 196 Å². The molecule has 0 aromatic carbocycles. The van der Waals surface area contributed by atoms with E-state index in [4.69, 9.17) is 0 Å². The van der Waals surface area contributed by atoms with Crippen LogP contribution in [-0.2, 0) is 0 Å². The lowest BCUT2D eigenvalue weighted by molar-refractivity contribution is 0.0402. The minimum Gasteiger partial charge on any atom is -0.303 e. The number of hydrogen-bond acceptors (Lipinski definition) is 2. The second kappa shape index (κ2) is 13.6. The van der Waals surface area contributed by atoms with E-state index in [-0.39, 0.29) is 0 Å². The summed E-state index contributed by atoms with van der Waals surface area (Å²) in [5, 5.41) is 0. The summed E-state index contributed by atoms with van der Waals surface area (Å²) in [5.74, 6) is 7.10. The molecule has 0 spiro atoms. The van der Waals surface area contributed by atoms with Crippen molar-refractivity contribution >= 4 is 0 Å². The van der Waals surface area contributed by atoms with Crippen LogP contribution in [0.25, 0.3) is 0 Å². The number of piperidine rings is 2. The molecule has 0 N–H and O–H groups in total. The average Bonchev–Trinajstić information content (AvgIpc) is 2.70. The van der Waals surface area contributed by atoms with Gasteiger partial charge in [-0.05, 0) is 106 Å². The third-order valence-electron chi connectivity index (χ3n) is 8.95. The van der Waals surface area contributed by atoms with Crippen LogP contribution in [0.15, 0.2) is 0 Å². The first-order valence-corrected chi connectivity index (χ1v) is 14.1. The van der Waals surface area contributed by atoms with Gasteiger partial charge in [0.15, 0.2) is 0 Å². The summed E-state index contributed by atoms with van der Waals surface area (Å²) in [5.41, 5.74) is 0. The first-order valence-electron chi connectivity index (χ1n) is 14.1. The quantitative estimate of drug-likeness (QED) is 0.315. The molecule has 0 aliphatic carbocycles. The topological polar surface area (TPSA) is 6.48 Å². The highest BCUT2D eigenvalue weighted by molar-refractivity contribution is 4.86. The van der Waals surface area contributed by atoms with Gasteiger partial charge in [-0.15, -0.1) is 0 Å². The van der Waals surface area contributed by atoms with Crippen molar-refractivity contribution in [2.45, 2.75) is 100 Å². The van der Waals surface area contributed by atoms with Gasteiger partial charge >= 0.3 is 0 Å². The molecule has 2 rings (SSSR count). The van der Waals surface area contributed by atoms with Crippen molar-refractivity contribution < 1.29 is 0 Å². The second-order valence-corrected chi connectivity index (χ2v) is 12.7. The van der Waals surface area contributed by atoms with Crippen LogP contribution in [0, 0.1) is 47.3 Å². The Kier molecular flexibility index (Phi) is 11.9. The fourth-order valence-corrected chi connectivity index (χ4v) is 6.83. The Morgan fingerprint density at radius 3 is 1.87 bits per heavy atom. The molecule has 0 saturated carbocycles. The molecule has 4 atom stereocenters. The van der Waals surface area contributed by atoms with Crippen LogP contribution in [0.3, 0.4) is 0 Å². The van der Waals surface area contributed by atoms with Crippen molar-refractivity contribution in [2.75, 3.05) is 39.3 Å². The number of rotatable bonds is 12. The third kappa shape index (κ3) is 9.36. The van der Waals surface area contributed by atoms with Crippen LogP contribution in [0.5, 0.6) is 0 Å². The van der Waals surface area contributed by atoms with E-state index >= 15 is 0 Å². The summed E-state index contributed by atoms with van der Waals surface area (Å²) in [4.78, 5) is 5.50. The number of likely N-dealkylation sites (tertiary alicyclic amines) is 2. The van der Waals surface area contributed by atoms with E-state index in [9.17, 15) is 0 Å². The van der Waals surface area contributed by atoms with Gasteiger partial charge in [-0.25, -0.2) is 0 Å². The van der Waals surface area contributed by atoms with Crippen molar-refractivity contribution in [1.82, 2.24) is 9.80 Å². The molecule has 2 heterocycles. The Bertz CT molecular complexity index is 453. The van der Waals surface area contributed by atoms with Crippen LogP contribution < -0.4 is 0 Å². The monoisotopic (exact) mass is 434 g/mol. The first kappa shape index (κ1) is 27.2. The largest absolute Gasteiger partial charge is 0.303 e. The van der Waals surface area contributed by atoms with Gasteiger partial charge in [0.2, 0.25) is 0 Å². The van der Waals surface area contributed by atoms with Crippen molar-refractivity contribution in [3.63, 3.8) is 0 Å². The Morgan fingerprint density at radius 1 is 0.710 bits per heavy atom. The zero-order chi connectivity index (χ0) is 23.0. The van der Waals surface area contributed by atoms with Crippen LogP contribution >= 0.6 is 0 Å². The van der Waals surface area contributed by atoms with E-state index in [2.05, 4.69) is 65.2 Å². The molecule has 0 amide bonds. The summed E-state index contributed by atoms with van der Waals surface area (Å²) in [6.07, 6.45) is 9.91. The summed E-state index contributed by atoms with van der Waals surface area (Å²) >= 11 is 0. The maximum Gasteiger partial charge on any atom is 0.000999 e. The minimum atomic E-state index is 0.829. The fraction of sp³-hybridized carbons (Fsp3) is 1.00. The van der Waals surface area contributed by atoms with Gasteiger partial charge < -0.3 is 9.80 Å². The molecular formula is C29H58N2. The van der Waals surface area contributed by atoms with Gasteiger partial charge in [-0.3, -0.25) is 0 Å². The van der Waals surface area contributed by atoms with E-state index in [1.54, 1.807) is 0 Å². The van der Waals surface area contributed by atoms with E-state index in [1.165, 1.54) is 84.2 Å². The van der Waals surface area contributed by atoms with Crippen molar-refractivity contribution in [3.8, 4) is 0 Å². The van der Waals surface area contributed by atoms with E-state index in [0.717, 1.165) is 47.3 Å². The second-order valence-electron chi connectivity index (χ2n) is 12.7. The van der Waals surface area contributed by atoms with E-state index in [1.807, 2.05) is 0 Å². The molecule has 31 heavy (non-hydrogen) atoms. The third-order valence-corrected chi connectivity index (χ3v) is 8.95. The van der Waals surface area contributed by atoms with Gasteiger partial charge in [0, 0.05) is 13.1 Å². The Morgan fingerprint density at radius 2 is 1.32 bits per heavy atom. The van der Waals surface area contributed by atoms with Crippen molar-refractivity contribution in [3.05, 3.63) is 0 Å². The molecule has 4 unspecified atom stereocenters. The summed E-state index contributed by atoms with van der Waals surface area (Å²) in [6.45, 7) is 27.7. The molecule has 0 radical (unpaired) electrons. The van der Waals surface area contributed by atoms with Gasteiger partial charge in [-0.2, -0.15) is 0 Å². The summed E-state index contributed by atoms with van der Waals surface area (Å²) in [7, 11) is 0. The molecular weight excluding hydrogens is 376 g/mol. The van der Waals surface area contributed by atoms with Crippen LogP contribution in [0.2, 0.25) is 0 Å². The standard InChI is InChI=1S/C29H58N2/c1-22(2)13-17-31-20-26(7)29(27(8)21-31)25(6)12-11-24(5)10-9-16-30-18-14-28(15-19-30)23(3)4/h22-29H,9-21H2,1-8H3. The number of hydrogen-bond donors (Lipinski definition) is 0. The Balaban J connectivity index is 1.62.